The van der Waals surface area contributed by atoms with E-state index < -0.39 is 5.82 Å². The van der Waals surface area contributed by atoms with Crippen LogP contribution in [0.4, 0.5) is 4.39 Å². The van der Waals surface area contributed by atoms with Crippen LogP contribution in [0, 0.1) is 5.82 Å². The molecule has 0 spiro atoms. The molecular formula is C19H19ClFN3O2. The highest BCUT2D eigenvalue weighted by Crippen LogP contribution is 2.16. The van der Waals surface area contributed by atoms with Crippen LogP contribution in [0.5, 0.6) is 5.75 Å². The number of carbonyl (C=O) groups is 1. The molecule has 0 unspecified atom stereocenters. The molecule has 3 aromatic rings. The van der Waals surface area contributed by atoms with Crippen molar-refractivity contribution in [2.45, 2.75) is 19.8 Å². The summed E-state index contributed by atoms with van der Waals surface area (Å²) in [7, 11) is 0. The van der Waals surface area contributed by atoms with Gasteiger partial charge in [0.1, 0.15) is 29.5 Å². The third-order valence-corrected chi connectivity index (χ3v) is 4.08. The first-order chi connectivity index (χ1) is 12.6. The number of amides is 1. The van der Waals surface area contributed by atoms with Gasteiger partial charge in [0.25, 0.3) is 5.91 Å². The Morgan fingerprint density at radius 1 is 1.27 bits per heavy atom. The number of fused-ring (bicyclic) bond motifs is 1. The maximum atomic E-state index is 13.6. The van der Waals surface area contributed by atoms with Gasteiger partial charge in [-0.05, 0) is 42.8 Å². The van der Waals surface area contributed by atoms with Crippen LogP contribution in [-0.2, 0) is 6.42 Å². The lowest BCUT2D eigenvalue weighted by atomic mass is 10.2. The van der Waals surface area contributed by atoms with Crippen molar-refractivity contribution in [3.05, 3.63) is 64.8 Å². The zero-order valence-corrected chi connectivity index (χ0v) is 15.1. The van der Waals surface area contributed by atoms with Gasteiger partial charge in [-0.1, -0.05) is 24.9 Å². The van der Waals surface area contributed by atoms with Crippen LogP contribution in [-0.4, -0.2) is 28.4 Å². The maximum absolute atomic E-state index is 13.6. The van der Waals surface area contributed by atoms with E-state index in [-0.39, 0.29) is 5.91 Å². The molecule has 0 aliphatic rings. The van der Waals surface area contributed by atoms with Crippen LogP contribution in [0.25, 0.3) is 5.65 Å². The van der Waals surface area contributed by atoms with E-state index in [2.05, 4.69) is 10.3 Å². The first-order valence-corrected chi connectivity index (χ1v) is 8.79. The molecule has 1 N–H and O–H groups in total. The van der Waals surface area contributed by atoms with Crippen molar-refractivity contribution < 1.29 is 13.9 Å². The van der Waals surface area contributed by atoms with Crippen LogP contribution in [0.15, 0.2) is 42.6 Å². The molecule has 7 heteroatoms. The van der Waals surface area contributed by atoms with Gasteiger partial charge in [-0.15, -0.1) is 0 Å². The number of nitrogens with zero attached hydrogens (tertiary/aromatic N) is 2. The lowest BCUT2D eigenvalue weighted by Gasteiger charge is -2.09. The molecule has 0 saturated heterocycles. The van der Waals surface area contributed by atoms with Crippen LogP contribution in [0.3, 0.4) is 0 Å². The Hall–Kier alpha value is -2.60. The maximum Gasteiger partial charge on any atom is 0.270 e. The number of aryl methyl sites for hydroxylation is 1. The molecule has 0 atom stereocenters. The molecule has 0 saturated carbocycles. The molecule has 0 aliphatic carbocycles. The van der Waals surface area contributed by atoms with E-state index in [0.717, 1.165) is 6.42 Å². The number of pyridine rings is 1. The number of carbonyl (C=O) groups excluding carboxylic acids is 1. The van der Waals surface area contributed by atoms with Crippen molar-refractivity contribution >= 4 is 23.2 Å². The van der Waals surface area contributed by atoms with Crippen molar-refractivity contribution in [2.75, 3.05) is 13.2 Å². The smallest absolute Gasteiger partial charge is 0.270 e. The van der Waals surface area contributed by atoms with Gasteiger partial charge in [-0.2, -0.15) is 0 Å². The molecule has 5 nitrogen and oxygen atoms in total. The molecule has 0 radical (unpaired) electrons. The Kier molecular flexibility index (Phi) is 5.73. The fourth-order valence-corrected chi connectivity index (χ4v) is 2.79. The predicted octanol–water partition coefficient (Wildman–Crippen LogP) is 3.89. The molecule has 2 heterocycles. The van der Waals surface area contributed by atoms with Crippen LogP contribution in [0.2, 0.25) is 5.02 Å². The quantitative estimate of drug-likeness (QED) is 0.637. The normalized spacial score (nSPS) is 10.9. The lowest BCUT2D eigenvalue weighted by molar-refractivity contribution is 0.0940. The van der Waals surface area contributed by atoms with Crippen LogP contribution in [0.1, 0.15) is 29.5 Å². The van der Waals surface area contributed by atoms with Crippen molar-refractivity contribution in [3.8, 4) is 5.75 Å². The summed E-state index contributed by atoms with van der Waals surface area (Å²) >= 11 is 5.82. The third kappa shape index (κ3) is 4.14. The van der Waals surface area contributed by atoms with E-state index in [9.17, 15) is 9.18 Å². The summed E-state index contributed by atoms with van der Waals surface area (Å²) in [4.78, 5) is 17.1. The highest BCUT2D eigenvalue weighted by atomic mass is 35.5. The molecule has 1 aromatic carbocycles. The molecule has 1 amide bonds. The van der Waals surface area contributed by atoms with Crippen molar-refractivity contribution in [1.29, 1.82) is 0 Å². The van der Waals surface area contributed by atoms with Gasteiger partial charge in [0.05, 0.1) is 12.2 Å². The Balaban J connectivity index is 1.67. The van der Waals surface area contributed by atoms with E-state index in [4.69, 9.17) is 16.3 Å². The summed E-state index contributed by atoms with van der Waals surface area (Å²) in [6.45, 7) is 2.63. The topological polar surface area (TPSA) is 55.6 Å². The molecule has 2 aromatic heterocycles. The summed E-state index contributed by atoms with van der Waals surface area (Å²) in [5.74, 6) is -0.0449. The van der Waals surface area contributed by atoms with Crippen molar-refractivity contribution in [2.24, 2.45) is 0 Å². The summed E-state index contributed by atoms with van der Waals surface area (Å²) in [5, 5.41) is 3.44. The second-order valence-corrected chi connectivity index (χ2v) is 6.23. The lowest BCUT2D eigenvalue weighted by Crippen LogP contribution is -2.29. The van der Waals surface area contributed by atoms with Gasteiger partial charge in [0.2, 0.25) is 0 Å². The van der Waals surface area contributed by atoms with Gasteiger partial charge in [0, 0.05) is 11.2 Å². The van der Waals surface area contributed by atoms with Gasteiger partial charge in [-0.25, -0.2) is 9.37 Å². The average Bonchev–Trinajstić information content (AvgIpc) is 2.97. The number of nitrogens with one attached hydrogen (secondary N) is 1. The Labute approximate surface area is 155 Å². The number of hydrogen-bond donors (Lipinski definition) is 1. The molecule has 26 heavy (non-hydrogen) atoms. The minimum Gasteiger partial charge on any atom is -0.492 e. The third-order valence-electron chi connectivity index (χ3n) is 3.83. The number of halogens is 2. The molecular weight excluding hydrogens is 357 g/mol. The summed E-state index contributed by atoms with van der Waals surface area (Å²) in [6, 6.07) is 9.89. The highest BCUT2D eigenvalue weighted by molar-refractivity contribution is 6.30. The Bertz CT molecular complexity index is 909. The first kappa shape index (κ1) is 18.2. The molecule has 0 fully saturated rings. The van der Waals surface area contributed by atoms with Crippen molar-refractivity contribution in [3.63, 3.8) is 0 Å². The molecule has 3 rings (SSSR count). The number of ether oxygens (including phenoxy) is 1. The summed E-state index contributed by atoms with van der Waals surface area (Å²) < 4.78 is 20.6. The molecule has 0 aliphatic heterocycles. The zero-order chi connectivity index (χ0) is 18.5. The van der Waals surface area contributed by atoms with E-state index in [1.807, 2.05) is 6.92 Å². The second kappa shape index (κ2) is 8.19. The largest absolute Gasteiger partial charge is 0.492 e. The average molecular weight is 376 g/mol. The fourth-order valence-electron chi connectivity index (χ4n) is 2.67. The number of benzene rings is 1. The van der Waals surface area contributed by atoms with Gasteiger partial charge >= 0.3 is 0 Å². The van der Waals surface area contributed by atoms with Crippen LogP contribution >= 0.6 is 11.6 Å². The monoisotopic (exact) mass is 375 g/mol. The van der Waals surface area contributed by atoms with Crippen LogP contribution < -0.4 is 10.1 Å². The summed E-state index contributed by atoms with van der Waals surface area (Å²) in [5.41, 5.74) is 1.58. The van der Waals surface area contributed by atoms with Gasteiger partial charge < -0.3 is 10.1 Å². The zero-order valence-electron chi connectivity index (χ0n) is 14.3. The van der Waals surface area contributed by atoms with Gasteiger partial charge in [0.15, 0.2) is 0 Å². The van der Waals surface area contributed by atoms with Gasteiger partial charge in [-0.3, -0.25) is 9.20 Å². The molecule has 136 valence electrons. The highest BCUT2D eigenvalue weighted by Gasteiger charge is 2.18. The Morgan fingerprint density at radius 3 is 2.77 bits per heavy atom. The number of rotatable bonds is 7. The minimum atomic E-state index is -0.418. The summed E-state index contributed by atoms with van der Waals surface area (Å²) in [6.07, 6.45) is 2.76. The predicted molar refractivity (Wildman–Crippen MR) is 98.4 cm³/mol. The number of aromatic nitrogens is 2. The first-order valence-electron chi connectivity index (χ1n) is 8.41. The standard InChI is InChI=1S/C19H19ClFN3O2/c1-2-3-16-18(24-12-14(21)6-9-17(24)23-16)19(25)22-10-11-26-15-7-4-13(20)5-8-15/h4-9,12H,2-3,10-11H2,1H3,(H,22,25). The minimum absolute atomic E-state index is 0.300. The van der Waals surface area contributed by atoms with Crippen molar-refractivity contribution in [1.82, 2.24) is 14.7 Å². The molecule has 0 bridgehead atoms. The van der Waals surface area contributed by atoms with E-state index >= 15 is 0 Å². The second-order valence-electron chi connectivity index (χ2n) is 5.79. The van der Waals surface area contributed by atoms with E-state index in [1.165, 1.54) is 16.7 Å². The fraction of sp³-hybridized carbons (Fsp3) is 0.263. The Morgan fingerprint density at radius 2 is 2.04 bits per heavy atom. The van der Waals surface area contributed by atoms with E-state index in [0.29, 0.717) is 47.4 Å². The van der Waals surface area contributed by atoms with E-state index in [1.54, 1.807) is 30.3 Å². The number of imidazole rings is 1. The SMILES string of the molecule is CCCc1nc2ccc(F)cn2c1C(=O)NCCOc1ccc(Cl)cc1. The number of hydrogen-bond acceptors (Lipinski definition) is 3.